The Morgan fingerprint density at radius 2 is 2.17 bits per heavy atom. The van der Waals surface area contributed by atoms with Crippen molar-refractivity contribution in [3.05, 3.63) is 47.6 Å². The second kappa shape index (κ2) is 5.70. The van der Waals surface area contributed by atoms with Crippen LogP contribution >= 0.6 is 11.6 Å². The van der Waals surface area contributed by atoms with E-state index in [9.17, 15) is 4.79 Å². The predicted molar refractivity (Wildman–Crippen MR) is 87.0 cm³/mol. The Bertz CT molecular complexity index is 855. The number of hydrogen-bond donors (Lipinski definition) is 0. The zero-order chi connectivity index (χ0) is 15.8. The lowest BCUT2D eigenvalue weighted by atomic mass is 10.2. The summed E-state index contributed by atoms with van der Waals surface area (Å²) in [6.45, 7) is 2.75. The fourth-order valence-electron chi connectivity index (χ4n) is 3.12. The molecule has 7 heteroatoms. The summed E-state index contributed by atoms with van der Waals surface area (Å²) >= 11 is 6.06. The van der Waals surface area contributed by atoms with Crippen LogP contribution in [0.4, 0.5) is 0 Å². The second-order valence-corrected chi connectivity index (χ2v) is 6.15. The maximum atomic E-state index is 12.4. The maximum Gasteiger partial charge on any atom is 0.224 e. The van der Waals surface area contributed by atoms with Gasteiger partial charge in [-0.1, -0.05) is 11.6 Å². The number of amides is 1. The molecule has 0 spiro atoms. The third-order valence-electron chi connectivity index (χ3n) is 4.27. The number of benzene rings is 1. The lowest BCUT2D eigenvalue weighted by Gasteiger charge is -2.29. The number of nitrogens with zero attached hydrogens (tertiary/aromatic N) is 5. The van der Waals surface area contributed by atoms with E-state index in [0.29, 0.717) is 19.5 Å². The molecule has 6 nitrogen and oxygen atoms in total. The molecule has 1 aliphatic heterocycles. The first-order chi connectivity index (χ1) is 11.2. The van der Waals surface area contributed by atoms with Crippen LogP contribution in [-0.4, -0.2) is 36.7 Å². The van der Waals surface area contributed by atoms with Crippen molar-refractivity contribution in [3.63, 3.8) is 0 Å². The topological polar surface area (TPSA) is 56.0 Å². The van der Waals surface area contributed by atoms with Gasteiger partial charge in [0, 0.05) is 41.1 Å². The molecule has 2 aromatic heterocycles. The molecular weight excluding hydrogens is 314 g/mol. The van der Waals surface area contributed by atoms with E-state index in [1.807, 2.05) is 23.1 Å². The van der Waals surface area contributed by atoms with Gasteiger partial charge in [-0.3, -0.25) is 9.48 Å². The molecule has 23 heavy (non-hydrogen) atoms. The number of halogens is 1. The number of carbonyl (C=O) groups is 1. The summed E-state index contributed by atoms with van der Waals surface area (Å²) in [6, 6.07) is 8.05. The lowest BCUT2D eigenvalue weighted by Crippen LogP contribution is -2.38. The van der Waals surface area contributed by atoms with E-state index in [-0.39, 0.29) is 5.91 Å². The fraction of sp³-hybridized carbons (Fsp3) is 0.312. The van der Waals surface area contributed by atoms with E-state index < -0.39 is 0 Å². The number of carbonyl (C=O) groups excluding carboxylic acids is 1. The van der Waals surface area contributed by atoms with Gasteiger partial charge in [-0.2, -0.15) is 5.10 Å². The summed E-state index contributed by atoms with van der Waals surface area (Å²) in [5, 5.41) is 5.89. The third-order valence-corrected chi connectivity index (χ3v) is 4.50. The van der Waals surface area contributed by atoms with E-state index in [4.69, 9.17) is 11.6 Å². The van der Waals surface area contributed by atoms with Crippen LogP contribution in [0, 0.1) is 0 Å². The first kappa shape index (κ1) is 14.3. The smallest absolute Gasteiger partial charge is 0.224 e. The second-order valence-electron chi connectivity index (χ2n) is 5.71. The van der Waals surface area contributed by atoms with Gasteiger partial charge >= 0.3 is 0 Å². The molecule has 3 aromatic rings. The first-order valence-electron chi connectivity index (χ1n) is 7.58. The fourth-order valence-corrected chi connectivity index (χ4v) is 3.30. The normalized spacial score (nSPS) is 14.2. The van der Waals surface area contributed by atoms with Crippen LogP contribution in [0.15, 0.2) is 36.9 Å². The Balaban J connectivity index is 1.49. The molecule has 3 heterocycles. The molecule has 0 unspecified atom stereocenters. The van der Waals surface area contributed by atoms with E-state index in [1.54, 1.807) is 11.0 Å². The zero-order valence-corrected chi connectivity index (χ0v) is 13.3. The Morgan fingerprint density at radius 3 is 3.00 bits per heavy atom. The summed E-state index contributed by atoms with van der Waals surface area (Å²) in [4.78, 5) is 18.2. The monoisotopic (exact) mass is 329 g/mol. The molecule has 0 bridgehead atoms. The van der Waals surface area contributed by atoms with Gasteiger partial charge in [0.15, 0.2) is 0 Å². The third kappa shape index (κ3) is 2.70. The summed E-state index contributed by atoms with van der Waals surface area (Å²) in [5.74, 6) is 0.148. The van der Waals surface area contributed by atoms with Gasteiger partial charge in [0.05, 0.1) is 13.1 Å². The number of hydrogen-bond acceptors (Lipinski definition) is 3. The molecule has 0 radical (unpaired) electrons. The van der Waals surface area contributed by atoms with Crippen LogP contribution < -0.4 is 0 Å². The Kier molecular flexibility index (Phi) is 3.53. The lowest BCUT2D eigenvalue weighted by molar-refractivity contribution is -0.132. The van der Waals surface area contributed by atoms with Crippen molar-refractivity contribution in [2.24, 2.45) is 0 Å². The van der Waals surface area contributed by atoms with Gasteiger partial charge in [0.2, 0.25) is 5.91 Å². The SMILES string of the molecule is O=C(CCn1cncn1)N1CCn2c(cc3cc(Cl)ccc32)C1. The molecule has 0 aliphatic carbocycles. The van der Waals surface area contributed by atoms with Crippen LogP contribution in [0.2, 0.25) is 5.02 Å². The summed E-state index contributed by atoms with van der Waals surface area (Å²) < 4.78 is 3.95. The summed E-state index contributed by atoms with van der Waals surface area (Å²) in [6.07, 6.45) is 3.55. The van der Waals surface area contributed by atoms with Crippen molar-refractivity contribution in [3.8, 4) is 0 Å². The van der Waals surface area contributed by atoms with Gasteiger partial charge in [-0.15, -0.1) is 0 Å². The van der Waals surface area contributed by atoms with Gasteiger partial charge in [-0.25, -0.2) is 4.98 Å². The molecule has 4 rings (SSSR count). The van der Waals surface area contributed by atoms with Gasteiger partial charge < -0.3 is 9.47 Å². The Hall–Kier alpha value is -2.34. The minimum atomic E-state index is 0.148. The highest BCUT2D eigenvalue weighted by atomic mass is 35.5. The van der Waals surface area contributed by atoms with Crippen molar-refractivity contribution in [2.45, 2.75) is 26.1 Å². The Morgan fingerprint density at radius 1 is 1.26 bits per heavy atom. The molecule has 0 atom stereocenters. The molecule has 1 amide bonds. The van der Waals surface area contributed by atoms with Crippen molar-refractivity contribution >= 4 is 28.4 Å². The van der Waals surface area contributed by atoms with Crippen molar-refractivity contribution in [1.82, 2.24) is 24.2 Å². The maximum absolute atomic E-state index is 12.4. The molecule has 0 saturated carbocycles. The van der Waals surface area contributed by atoms with E-state index in [1.165, 1.54) is 11.8 Å². The van der Waals surface area contributed by atoms with Crippen LogP contribution in [0.5, 0.6) is 0 Å². The molecule has 1 aliphatic rings. The minimum absolute atomic E-state index is 0.148. The standard InChI is InChI=1S/C16H16ClN5O/c17-13-1-2-15-12(7-13)8-14-9-20(5-6-22(14)15)16(23)3-4-21-11-18-10-19-21/h1-2,7-8,10-11H,3-6,9H2. The molecule has 0 fully saturated rings. The van der Waals surface area contributed by atoms with Gasteiger partial charge in [0.1, 0.15) is 12.7 Å². The molecule has 0 N–H and O–H groups in total. The average Bonchev–Trinajstić information content (AvgIpc) is 3.18. The zero-order valence-electron chi connectivity index (χ0n) is 12.5. The highest BCUT2D eigenvalue weighted by molar-refractivity contribution is 6.31. The van der Waals surface area contributed by atoms with Crippen molar-refractivity contribution in [1.29, 1.82) is 0 Å². The van der Waals surface area contributed by atoms with E-state index >= 15 is 0 Å². The number of rotatable bonds is 3. The summed E-state index contributed by atoms with van der Waals surface area (Å²) in [5.41, 5.74) is 2.33. The quantitative estimate of drug-likeness (QED) is 0.741. The number of aryl methyl sites for hydroxylation is 1. The van der Waals surface area contributed by atoms with Crippen LogP contribution in [0.25, 0.3) is 10.9 Å². The van der Waals surface area contributed by atoms with Crippen molar-refractivity contribution < 1.29 is 4.79 Å². The predicted octanol–water partition coefficient (Wildman–Crippen LogP) is 2.32. The molecule has 118 valence electrons. The number of fused-ring (bicyclic) bond motifs is 3. The average molecular weight is 330 g/mol. The number of aromatic nitrogens is 4. The summed E-state index contributed by atoms with van der Waals surface area (Å²) in [7, 11) is 0. The molecule has 1 aromatic carbocycles. The highest BCUT2D eigenvalue weighted by Gasteiger charge is 2.22. The van der Waals surface area contributed by atoms with Crippen LogP contribution in [0.1, 0.15) is 12.1 Å². The largest absolute Gasteiger partial charge is 0.341 e. The van der Waals surface area contributed by atoms with E-state index in [2.05, 4.69) is 20.7 Å². The van der Waals surface area contributed by atoms with Crippen LogP contribution in [-0.2, 0) is 24.4 Å². The minimum Gasteiger partial charge on any atom is -0.341 e. The molecule has 0 saturated heterocycles. The van der Waals surface area contributed by atoms with Gasteiger partial charge in [0.25, 0.3) is 0 Å². The van der Waals surface area contributed by atoms with E-state index in [0.717, 1.165) is 29.2 Å². The van der Waals surface area contributed by atoms with Gasteiger partial charge in [-0.05, 0) is 24.3 Å². The van der Waals surface area contributed by atoms with Crippen LogP contribution in [0.3, 0.4) is 0 Å². The first-order valence-corrected chi connectivity index (χ1v) is 7.96. The highest BCUT2D eigenvalue weighted by Crippen LogP contribution is 2.26. The van der Waals surface area contributed by atoms with Crippen molar-refractivity contribution in [2.75, 3.05) is 6.54 Å². The molecular formula is C16H16ClN5O. The Labute approximate surface area is 138 Å².